The van der Waals surface area contributed by atoms with Crippen molar-refractivity contribution in [3.63, 3.8) is 0 Å². The van der Waals surface area contributed by atoms with Crippen molar-refractivity contribution in [2.75, 3.05) is 4.90 Å². The third kappa shape index (κ3) is 6.91. The van der Waals surface area contributed by atoms with Gasteiger partial charge in [-0.2, -0.15) is 0 Å². The van der Waals surface area contributed by atoms with E-state index >= 15 is 0 Å². The van der Waals surface area contributed by atoms with Crippen LogP contribution in [-0.4, -0.2) is 9.13 Å². The number of hydrogen-bond acceptors (Lipinski definition) is 1. The van der Waals surface area contributed by atoms with Crippen LogP contribution < -0.4 is 4.90 Å². The molecule has 3 heteroatoms. The van der Waals surface area contributed by atoms with Crippen molar-refractivity contribution >= 4 is 71.4 Å². The third-order valence-electron chi connectivity index (χ3n) is 18.8. The molecule has 0 saturated carbocycles. The van der Waals surface area contributed by atoms with E-state index in [1.165, 1.54) is 116 Å². The maximum atomic E-state index is 2.53. The van der Waals surface area contributed by atoms with E-state index in [-0.39, 0.29) is 0 Å². The molecule has 1 aliphatic carbocycles. The van der Waals surface area contributed by atoms with Gasteiger partial charge >= 0.3 is 0 Å². The van der Waals surface area contributed by atoms with Gasteiger partial charge in [-0.3, -0.25) is 0 Å². The van der Waals surface area contributed by atoms with Gasteiger partial charge in [0.25, 0.3) is 0 Å². The Kier molecular flexibility index (Phi) is 10.6. The smallest absolute Gasteiger partial charge is 0.0754 e. The number of para-hydroxylation sites is 6. The lowest BCUT2D eigenvalue weighted by atomic mass is 9.65. The largest absolute Gasteiger partial charge is 0.309 e. The van der Waals surface area contributed by atoms with Crippen LogP contribution >= 0.6 is 0 Å². The topological polar surface area (TPSA) is 13.1 Å². The van der Waals surface area contributed by atoms with E-state index < -0.39 is 5.41 Å². The Morgan fingerprint density at radius 1 is 0.244 bits per heavy atom. The maximum Gasteiger partial charge on any atom is 0.0754 e. The molecule has 1 unspecified atom stereocenters. The van der Waals surface area contributed by atoms with Crippen LogP contribution in [0.4, 0.5) is 17.1 Å². The summed E-state index contributed by atoms with van der Waals surface area (Å²) >= 11 is 0. The zero-order valence-electron chi connectivity index (χ0n) is 46.9. The third-order valence-corrected chi connectivity index (χ3v) is 18.8. The van der Waals surface area contributed by atoms with Gasteiger partial charge in [-0.25, -0.2) is 0 Å². The molecule has 0 radical (unpaired) electrons. The normalized spacial score (nSPS) is 13.9. The van der Waals surface area contributed by atoms with E-state index in [9.17, 15) is 0 Å². The minimum Gasteiger partial charge on any atom is -0.309 e. The molecule has 0 N–H and O–H groups in total. The molecule has 1 spiro atoms. The highest BCUT2D eigenvalue weighted by Gasteiger charge is 2.51. The van der Waals surface area contributed by atoms with E-state index in [0.717, 1.165) is 44.8 Å². The molecule has 16 aromatic rings. The molecule has 0 bridgehead atoms. The number of hydrogen-bond donors (Lipinski definition) is 0. The predicted molar refractivity (Wildman–Crippen MR) is 360 cm³/mol. The van der Waals surface area contributed by atoms with Gasteiger partial charge < -0.3 is 14.0 Å². The zero-order chi connectivity index (χ0) is 56.5. The quantitative estimate of drug-likeness (QED) is 0.148. The second-order valence-corrected chi connectivity index (χ2v) is 23.0. The molecule has 2 aromatic heterocycles. The second-order valence-electron chi connectivity index (χ2n) is 23.0. The van der Waals surface area contributed by atoms with Gasteiger partial charge in [-0.1, -0.05) is 255 Å². The summed E-state index contributed by atoms with van der Waals surface area (Å²) in [5.74, 6) is 0. The molecule has 14 aromatic carbocycles. The van der Waals surface area contributed by atoms with Gasteiger partial charge in [0.15, 0.2) is 0 Å². The molecule has 1 atom stereocenters. The Hall–Kier alpha value is -11.3. The average molecular weight is 1090 g/mol. The number of benzene rings is 14. The van der Waals surface area contributed by atoms with E-state index in [1.54, 1.807) is 0 Å². The highest BCUT2D eigenvalue weighted by atomic mass is 15.1. The fraction of sp³-hybridized carbons (Fsp3) is 0.0120. The van der Waals surface area contributed by atoms with Gasteiger partial charge in [0.2, 0.25) is 0 Å². The molecule has 3 heterocycles. The number of nitrogens with zero attached hydrogens (tertiary/aromatic N) is 3. The van der Waals surface area contributed by atoms with E-state index in [2.05, 4.69) is 336 Å². The maximum absolute atomic E-state index is 2.53. The summed E-state index contributed by atoms with van der Waals surface area (Å²) in [6.07, 6.45) is 0. The van der Waals surface area contributed by atoms with Crippen molar-refractivity contribution in [1.29, 1.82) is 0 Å². The zero-order valence-corrected chi connectivity index (χ0v) is 46.9. The first-order valence-corrected chi connectivity index (χ1v) is 29.8. The van der Waals surface area contributed by atoms with Gasteiger partial charge in [-0.05, 0) is 144 Å². The van der Waals surface area contributed by atoms with Crippen LogP contribution in [0.25, 0.3) is 121 Å². The van der Waals surface area contributed by atoms with Crippen molar-refractivity contribution in [3.8, 4) is 67.0 Å². The van der Waals surface area contributed by atoms with Crippen LogP contribution in [0, 0.1) is 0 Å². The minimum absolute atomic E-state index is 0.560. The summed E-state index contributed by atoms with van der Waals surface area (Å²) in [7, 11) is 0. The Morgan fingerprint density at radius 3 is 1.48 bits per heavy atom. The Labute approximate surface area is 498 Å². The minimum atomic E-state index is -0.560. The average Bonchev–Trinajstić information content (AvgIpc) is 1.49. The van der Waals surface area contributed by atoms with Gasteiger partial charge in [0, 0.05) is 43.9 Å². The summed E-state index contributed by atoms with van der Waals surface area (Å²) in [6, 6.07) is 120. The Bertz CT molecular complexity index is 5360. The first-order chi connectivity index (χ1) is 42.7. The number of anilines is 3. The number of aromatic nitrogens is 2. The highest BCUT2D eigenvalue weighted by Crippen LogP contribution is 2.62. The fourth-order valence-corrected chi connectivity index (χ4v) is 15.2. The van der Waals surface area contributed by atoms with Crippen LogP contribution in [-0.2, 0) is 5.41 Å². The molecule has 18 rings (SSSR count). The van der Waals surface area contributed by atoms with Gasteiger partial charge in [0.05, 0.1) is 44.5 Å². The molecule has 0 saturated heterocycles. The SMILES string of the molecule is c1ccc(-c2ccccc2-c2ccccc2N(c2ccc(-c3ccc(-n4c5ccccc5c5ccccc54)cc3)cc2)c2ccc(-c3ccc4c(c3)C3(c5ccccc5-4)c4ccccc4-n4c5ccccc5c5cccc3c54)c3ccccc23)cc1. The standard InChI is InChI=1S/C83H53N3/c1-2-21-56(22-3-1)60-23-4-5-24-62(60)66-28-9-15-36-76(66)85(59-48-43-55(44-49-59)54-41-46-58(47-42-54)84-77-37-16-10-29-68(77)69-30-11-17-38-78(69)84)80-52-51-61(63-25-6-7-27-67(63)80)57-45-50-65-64-26-8-13-33-72(64)83(75(65)53-57)73-34-14-19-40-81(73)86-79-39-18-12-31-70(79)71-32-20-35-74(83)82(71)86/h1-53H. The monoisotopic (exact) mass is 1090 g/mol. The Balaban J connectivity index is 0.807. The van der Waals surface area contributed by atoms with Crippen LogP contribution in [0.3, 0.4) is 0 Å². The van der Waals surface area contributed by atoms with Crippen molar-refractivity contribution in [1.82, 2.24) is 9.13 Å². The lowest BCUT2D eigenvalue weighted by molar-refractivity contribution is 0.749. The number of fused-ring (bicyclic) bond motifs is 16. The van der Waals surface area contributed by atoms with E-state index in [1.807, 2.05) is 0 Å². The van der Waals surface area contributed by atoms with Gasteiger partial charge in [-0.15, -0.1) is 0 Å². The van der Waals surface area contributed by atoms with Crippen LogP contribution in [0.2, 0.25) is 0 Å². The Morgan fingerprint density at radius 2 is 0.744 bits per heavy atom. The van der Waals surface area contributed by atoms with Crippen LogP contribution in [0.15, 0.2) is 322 Å². The first kappa shape index (κ1) is 48.3. The molecule has 0 fully saturated rings. The molecule has 3 nitrogen and oxygen atoms in total. The van der Waals surface area contributed by atoms with Crippen molar-refractivity contribution < 1.29 is 0 Å². The predicted octanol–water partition coefficient (Wildman–Crippen LogP) is 21.8. The molecule has 1 aliphatic heterocycles. The molecule has 0 amide bonds. The molecule has 400 valence electrons. The van der Waals surface area contributed by atoms with E-state index in [0.29, 0.717) is 0 Å². The van der Waals surface area contributed by atoms with Crippen molar-refractivity contribution in [3.05, 3.63) is 344 Å². The lowest BCUT2D eigenvalue weighted by Crippen LogP contribution is -2.33. The summed E-state index contributed by atoms with van der Waals surface area (Å²) in [6.45, 7) is 0. The summed E-state index contributed by atoms with van der Waals surface area (Å²) in [5.41, 5.74) is 27.2. The van der Waals surface area contributed by atoms with Crippen molar-refractivity contribution in [2.45, 2.75) is 5.41 Å². The van der Waals surface area contributed by atoms with Crippen molar-refractivity contribution in [2.24, 2.45) is 0 Å². The number of rotatable bonds is 8. The molecular weight excluding hydrogens is 1040 g/mol. The summed E-state index contributed by atoms with van der Waals surface area (Å²) in [5, 5.41) is 7.43. The first-order valence-electron chi connectivity index (χ1n) is 29.8. The van der Waals surface area contributed by atoms with E-state index in [4.69, 9.17) is 0 Å². The van der Waals surface area contributed by atoms with Gasteiger partial charge in [0.1, 0.15) is 0 Å². The molecule has 86 heavy (non-hydrogen) atoms. The molecular formula is C83H53N3. The van der Waals surface area contributed by atoms with Crippen LogP contribution in [0.1, 0.15) is 22.3 Å². The lowest BCUT2D eigenvalue weighted by Gasteiger charge is -2.39. The second kappa shape index (κ2) is 18.9. The molecule has 2 aliphatic rings. The highest BCUT2D eigenvalue weighted by molar-refractivity contribution is 6.14. The summed E-state index contributed by atoms with van der Waals surface area (Å²) < 4.78 is 4.91. The fourth-order valence-electron chi connectivity index (χ4n) is 15.2. The van der Waals surface area contributed by atoms with Crippen LogP contribution in [0.5, 0.6) is 0 Å². The summed E-state index contributed by atoms with van der Waals surface area (Å²) in [4.78, 5) is 2.49.